The summed E-state index contributed by atoms with van der Waals surface area (Å²) < 4.78 is 23.8. The molecule has 0 N–H and O–H groups in total. The Bertz CT molecular complexity index is 841. The highest BCUT2D eigenvalue weighted by atomic mass is 32.2. The zero-order valence-electron chi connectivity index (χ0n) is 14.6. The quantitative estimate of drug-likeness (QED) is 0.803. The number of carbonyl (C=O) groups excluding carboxylic acids is 1. The number of ether oxygens (including phenoxy) is 2. The molecule has 0 atom stereocenters. The molecule has 0 saturated heterocycles. The van der Waals surface area contributed by atoms with Crippen molar-refractivity contribution in [3.63, 3.8) is 0 Å². The van der Waals surface area contributed by atoms with E-state index in [1.807, 2.05) is 6.07 Å². The van der Waals surface area contributed by atoms with Crippen LogP contribution in [0, 0.1) is 5.82 Å². The van der Waals surface area contributed by atoms with Gasteiger partial charge in [0, 0.05) is 17.9 Å². The minimum atomic E-state index is -0.269. The van der Waals surface area contributed by atoms with Gasteiger partial charge in [0.15, 0.2) is 16.7 Å². The van der Waals surface area contributed by atoms with Crippen molar-refractivity contribution in [3.05, 3.63) is 59.4 Å². The molecule has 0 aliphatic carbocycles. The highest BCUT2D eigenvalue weighted by Crippen LogP contribution is 2.29. The van der Waals surface area contributed by atoms with Crippen LogP contribution in [0.1, 0.15) is 15.9 Å². The Morgan fingerprint density at radius 1 is 1.19 bits per heavy atom. The Balaban J connectivity index is 1.72. The number of methoxy groups -OCH3 is 2. The lowest BCUT2D eigenvalue weighted by atomic mass is 10.2. The molecule has 0 aromatic heterocycles. The van der Waals surface area contributed by atoms with Crippen LogP contribution in [0.5, 0.6) is 11.5 Å². The average Bonchev–Trinajstić information content (AvgIpc) is 3.13. The van der Waals surface area contributed by atoms with Crippen molar-refractivity contribution >= 4 is 22.8 Å². The summed E-state index contributed by atoms with van der Waals surface area (Å²) in [5.74, 6) is 1.21. The van der Waals surface area contributed by atoms with Crippen molar-refractivity contribution in [2.45, 2.75) is 5.75 Å². The molecule has 0 spiro atoms. The summed E-state index contributed by atoms with van der Waals surface area (Å²) in [6.07, 6.45) is 0. The maximum Gasteiger partial charge on any atom is 0.260 e. The van der Waals surface area contributed by atoms with E-state index < -0.39 is 0 Å². The van der Waals surface area contributed by atoms with Crippen LogP contribution < -0.4 is 9.47 Å². The van der Waals surface area contributed by atoms with E-state index >= 15 is 0 Å². The smallest absolute Gasteiger partial charge is 0.260 e. The molecule has 7 heteroatoms. The number of carbonyl (C=O) groups is 1. The summed E-state index contributed by atoms with van der Waals surface area (Å²) in [5, 5.41) is 0.647. The fourth-order valence-electron chi connectivity index (χ4n) is 2.64. The van der Waals surface area contributed by atoms with Gasteiger partial charge in [-0.2, -0.15) is 0 Å². The van der Waals surface area contributed by atoms with Crippen LogP contribution >= 0.6 is 11.8 Å². The number of benzene rings is 2. The second-order valence-electron chi connectivity index (χ2n) is 5.61. The molecule has 1 aliphatic rings. The molecular weight excluding hydrogens is 355 g/mol. The fraction of sp³-hybridized carbons (Fsp3) is 0.263. The van der Waals surface area contributed by atoms with Crippen molar-refractivity contribution in [3.8, 4) is 11.5 Å². The average molecular weight is 374 g/mol. The summed E-state index contributed by atoms with van der Waals surface area (Å²) in [4.78, 5) is 18.9. The Hall–Kier alpha value is -2.54. The molecule has 2 aromatic carbocycles. The van der Waals surface area contributed by atoms with Crippen molar-refractivity contribution in [2.24, 2.45) is 4.99 Å². The number of rotatable bonds is 5. The van der Waals surface area contributed by atoms with Gasteiger partial charge in [-0.05, 0) is 35.9 Å². The molecule has 5 nitrogen and oxygen atoms in total. The molecule has 136 valence electrons. The first-order valence-corrected chi connectivity index (χ1v) is 9.06. The Kier molecular flexibility index (Phi) is 5.78. The lowest BCUT2D eigenvalue weighted by Gasteiger charge is -2.18. The maximum atomic E-state index is 13.3. The molecule has 1 aliphatic heterocycles. The van der Waals surface area contributed by atoms with Gasteiger partial charge in [-0.15, -0.1) is 0 Å². The number of aliphatic imine (C=N–C) groups is 1. The van der Waals surface area contributed by atoms with E-state index in [1.165, 1.54) is 31.0 Å². The standard InChI is InChI=1S/C19H19FN2O3S/c1-24-16-7-6-14(11-17(16)25-2)18(23)22-9-8-21-19(22)26-12-13-4-3-5-15(20)10-13/h3-7,10-11H,8-9,12H2,1-2H3. The Morgan fingerprint density at radius 2 is 2.00 bits per heavy atom. The zero-order valence-corrected chi connectivity index (χ0v) is 15.4. The molecule has 3 rings (SSSR count). The summed E-state index contributed by atoms with van der Waals surface area (Å²) in [6.45, 7) is 1.09. The largest absolute Gasteiger partial charge is 0.493 e. The molecule has 0 saturated carbocycles. The maximum absolute atomic E-state index is 13.3. The van der Waals surface area contributed by atoms with E-state index in [0.29, 0.717) is 41.1 Å². The minimum absolute atomic E-state index is 0.144. The van der Waals surface area contributed by atoms with E-state index in [-0.39, 0.29) is 11.7 Å². The number of amidine groups is 1. The fourth-order valence-corrected chi connectivity index (χ4v) is 3.63. The summed E-state index contributed by atoms with van der Waals surface area (Å²) >= 11 is 1.43. The second-order valence-corrected chi connectivity index (χ2v) is 6.55. The van der Waals surface area contributed by atoms with Gasteiger partial charge in [0.2, 0.25) is 0 Å². The second kappa shape index (κ2) is 8.23. The van der Waals surface area contributed by atoms with Gasteiger partial charge < -0.3 is 9.47 Å². The van der Waals surface area contributed by atoms with Crippen LogP contribution in [0.25, 0.3) is 0 Å². The first kappa shape index (κ1) is 18.3. The van der Waals surface area contributed by atoms with Crippen LogP contribution in [0.2, 0.25) is 0 Å². The van der Waals surface area contributed by atoms with Gasteiger partial charge in [0.05, 0.1) is 20.8 Å². The van der Waals surface area contributed by atoms with Crippen molar-refractivity contribution in [1.29, 1.82) is 0 Å². The first-order valence-electron chi connectivity index (χ1n) is 8.08. The minimum Gasteiger partial charge on any atom is -0.493 e. The molecule has 0 radical (unpaired) electrons. The van der Waals surface area contributed by atoms with Gasteiger partial charge in [-0.25, -0.2) is 4.39 Å². The van der Waals surface area contributed by atoms with Gasteiger partial charge in [-0.3, -0.25) is 14.7 Å². The molecule has 0 bridgehead atoms. The third kappa shape index (κ3) is 3.99. The highest BCUT2D eigenvalue weighted by molar-refractivity contribution is 8.13. The molecule has 2 aromatic rings. The van der Waals surface area contributed by atoms with Crippen molar-refractivity contribution < 1.29 is 18.7 Å². The van der Waals surface area contributed by atoms with Gasteiger partial charge in [0.25, 0.3) is 5.91 Å². The highest BCUT2D eigenvalue weighted by Gasteiger charge is 2.26. The number of amides is 1. The number of hydrogen-bond acceptors (Lipinski definition) is 5. The summed E-state index contributed by atoms with van der Waals surface area (Å²) in [7, 11) is 3.08. The first-order chi connectivity index (χ1) is 12.6. The number of thioether (sulfide) groups is 1. The normalized spacial score (nSPS) is 13.5. The Labute approximate surface area is 155 Å². The zero-order chi connectivity index (χ0) is 18.5. The SMILES string of the molecule is COc1ccc(C(=O)N2CCN=C2SCc2cccc(F)c2)cc1OC. The predicted octanol–water partition coefficient (Wildman–Crippen LogP) is 3.59. The van der Waals surface area contributed by atoms with E-state index in [4.69, 9.17) is 9.47 Å². The predicted molar refractivity (Wildman–Crippen MR) is 101 cm³/mol. The number of hydrogen-bond donors (Lipinski definition) is 0. The van der Waals surface area contributed by atoms with E-state index in [1.54, 1.807) is 36.3 Å². The van der Waals surface area contributed by atoms with Crippen LogP contribution in [0.4, 0.5) is 4.39 Å². The van der Waals surface area contributed by atoms with E-state index in [2.05, 4.69) is 4.99 Å². The van der Waals surface area contributed by atoms with Gasteiger partial charge in [0.1, 0.15) is 5.82 Å². The van der Waals surface area contributed by atoms with E-state index in [0.717, 1.165) is 5.56 Å². The Morgan fingerprint density at radius 3 is 2.73 bits per heavy atom. The molecule has 1 amide bonds. The van der Waals surface area contributed by atoms with Crippen molar-refractivity contribution in [2.75, 3.05) is 27.3 Å². The molecule has 0 unspecified atom stereocenters. The molecule has 1 heterocycles. The van der Waals surface area contributed by atoms with Gasteiger partial charge in [-0.1, -0.05) is 23.9 Å². The summed E-state index contributed by atoms with van der Waals surface area (Å²) in [6, 6.07) is 11.5. The number of nitrogens with zero attached hydrogens (tertiary/aromatic N) is 2. The van der Waals surface area contributed by atoms with Crippen LogP contribution in [0.15, 0.2) is 47.5 Å². The molecular formula is C19H19FN2O3S. The third-order valence-electron chi connectivity index (χ3n) is 3.93. The summed E-state index contributed by atoms with van der Waals surface area (Å²) in [5.41, 5.74) is 1.35. The molecule has 26 heavy (non-hydrogen) atoms. The lowest BCUT2D eigenvalue weighted by molar-refractivity contribution is 0.0860. The topological polar surface area (TPSA) is 51.1 Å². The monoisotopic (exact) mass is 374 g/mol. The van der Waals surface area contributed by atoms with E-state index in [9.17, 15) is 9.18 Å². The number of halogens is 1. The van der Waals surface area contributed by atoms with Gasteiger partial charge >= 0.3 is 0 Å². The van der Waals surface area contributed by atoms with Crippen LogP contribution in [-0.2, 0) is 5.75 Å². The van der Waals surface area contributed by atoms with Crippen LogP contribution in [0.3, 0.4) is 0 Å². The molecule has 0 fully saturated rings. The van der Waals surface area contributed by atoms with Crippen LogP contribution in [-0.4, -0.2) is 43.3 Å². The van der Waals surface area contributed by atoms with Crippen molar-refractivity contribution in [1.82, 2.24) is 4.90 Å². The lowest BCUT2D eigenvalue weighted by Crippen LogP contribution is -2.32. The third-order valence-corrected chi connectivity index (χ3v) is 5.02.